The molecule has 2 N–H and O–H groups in total. The van der Waals surface area contributed by atoms with E-state index in [9.17, 15) is 4.79 Å². The van der Waals surface area contributed by atoms with Gasteiger partial charge in [-0.2, -0.15) is 0 Å². The number of likely N-dealkylation sites (N-methyl/N-ethyl adjacent to an activating group) is 1. The van der Waals surface area contributed by atoms with E-state index in [0.29, 0.717) is 29.8 Å². The van der Waals surface area contributed by atoms with Crippen molar-refractivity contribution in [3.8, 4) is 11.3 Å². The second-order valence-corrected chi connectivity index (χ2v) is 7.17. The number of quaternary nitrogens is 1. The van der Waals surface area contributed by atoms with Crippen molar-refractivity contribution in [3.63, 3.8) is 0 Å². The highest BCUT2D eigenvalue weighted by atomic mass is 35.5. The molecule has 0 spiro atoms. The van der Waals surface area contributed by atoms with Crippen molar-refractivity contribution >= 4 is 23.2 Å². The second-order valence-electron chi connectivity index (χ2n) is 6.73. The fourth-order valence-electron chi connectivity index (χ4n) is 2.82. The molecular weight excluding hydrogens is 362 g/mol. The standard InChI is InChI=1S/C21H22ClN3O2/c1-14-5-4-6-18(15(14)2)24-20(26)12-25(3)13-21-23-11-19(27-21)16-7-9-17(22)10-8-16/h4-11H,12-13H2,1-3H3,(H,24,26)/p+1. The summed E-state index contributed by atoms with van der Waals surface area (Å²) >= 11 is 5.91. The van der Waals surface area contributed by atoms with E-state index in [-0.39, 0.29) is 5.91 Å². The van der Waals surface area contributed by atoms with Crippen molar-refractivity contribution in [1.82, 2.24) is 4.98 Å². The van der Waals surface area contributed by atoms with Gasteiger partial charge in [0.2, 0.25) is 0 Å². The number of amides is 1. The van der Waals surface area contributed by atoms with Crippen molar-refractivity contribution < 1.29 is 14.1 Å². The van der Waals surface area contributed by atoms with Crippen LogP contribution in [0, 0.1) is 13.8 Å². The van der Waals surface area contributed by atoms with Gasteiger partial charge in [-0.15, -0.1) is 0 Å². The number of hydrogen-bond donors (Lipinski definition) is 2. The summed E-state index contributed by atoms with van der Waals surface area (Å²) < 4.78 is 5.81. The maximum absolute atomic E-state index is 12.3. The molecule has 1 unspecified atom stereocenters. The molecule has 6 heteroatoms. The number of rotatable bonds is 6. The van der Waals surface area contributed by atoms with Gasteiger partial charge >= 0.3 is 0 Å². The molecule has 0 saturated carbocycles. The van der Waals surface area contributed by atoms with Crippen LogP contribution in [0.15, 0.2) is 53.1 Å². The van der Waals surface area contributed by atoms with Crippen molar-refractivity contribution in [1.29, 1.82) is 0 Å². The van der Waals surface area contributed by atoms with E-state index in [2.05, 4.69) is 10.3 Å². The van der Waals surface area contributed by atoms with Gasteiger partial charge in [0.1, 0.15) is 0 Å². The number of oxazole rings is 1. The lowest BCUT2D eigenvalue weighted by Gasteiger charge is -2.14. The van der Waals surface area contributed by atoms with Gasteiger partial charge in [0, 0.05) is 16.3 Å². The molecule has 0 bridgehead atoms. The Morgan fingerprint density at radius 1 is 1.19 bits per heavy atom. The molecular formula is C21H23ClN3O2+. The predicted octanol–water partition coefficient (Wildman–Crippen LogP) is 3.27. The summed E-state index contributed by atoms with van der Waals surface area (Å²) in [6.45, 7) is 4.88. The fraction of sp³-hybridized carbons (Fsp3) is 0.238. The molecule has 1 heterocycles. The lowest BCUT2D eigenvalue weighted by molar-refractivity contribution is -0.886. The highest BCUT2D eigenvalue weighted by Crippen LogP contribution is 2.22. The number of hydrogen-bond acceptors (Lipinski definition) is 3. The number of nitrogens with one attached hydrogen (secondary N) is 2. The summed E-state index contributed by atoms with van der Waals surface area (Å²) in [7, 11) is 1.94. The SMILES string of the molecule is Cc1cccc(NC(=O)C[NH+](C)Cc2ncc(-c3ccc(Cl)cc3)o2)c1C. The van der Waals surface area contributed by atoms with Crippen molar-refractivity contribution in [2.75, 3.05) is 18.9 Å². The number of benzene rings is 2. The molecule has 2 aromatic carbocycles. The average molecular weight is 385 g/mol. The Hall–Kier alpha value is -2.63. The Morgan fingerprint density at radius 2 is 1.93 bits per heavy atom. The summed E-state index contributed by atoms with van der Waals surface area (Å²) in [4.78, 5) is 17.6. The first-order valence-electron chi connectivity index (χ1n) is 8.80. The van der Waals surface area contributed by atoms with Gasteiger partial charge in [0.25, 0.3) is 11.8 Å². The zero-order valence-corrected chi connectivity index (χ0v) is 16.4. The van der Waals surface area contributed by atoms with Crippen LogP contribution in [0.25, 0.3) is 11.3 Å². The van der Waals surface area contributed by atoms with Crippen LogP contribution >= 0.6 is 11.6 Å². The third-order valence-corrected chi connectivity index (χ3v) is 4.73. The molecule has 0 aliphatic carbocycles. The number of anilines is 1. The normalized spacial score (nSPS) is 12.0. The molecule has 0 radical (unpaired) electrons. The molecule has 1 aromatic heterocycles. The molecule has 27 heavy (non-hydrogen) atoms. The Morgan fingerprint density at radius 3 is 2.67 bits per heavy atom. The minimum absolute atomic E-state index is 0.0364. The van der Waals surface area contributed by atoms with Gasteiger partial charge in [-0.25, -0.2) is 4.98 Å². The van der Waals surface area contributed by atoms with Crippen molar-refractivity contribution in [3.05, 3.63) is 70.7 Å². The van der Waals surface area contributed by atoms with E-state index < -0.39 is 0 Å². The molecule has 0 aliphatic rings. The van der Waals surface area contributed by atoms with Crippen LogP contribution in [0.5, 0.6) is 0 Å². The molecule has 0 aliphatic heterocycles. The fourth-order valence-corrected chi connectivity index (χ4v) is 2.94. The van der Waals surface area contributed by atoms with Crippen LogP contribution in [0.2, 0.25) is 5.02 Å². The highest BCUT2D eigenvalue weighted by molar-refractivity contribution is 6.30. The Balaban J connectivity index is 1.57. The number of aryl methyl sites for hydroxylation is 1. The van der Waals surface area contributed by atoms with Crippen LogP contribution in [-0.2, 0) is 11.3 Å². The first kappa shape index (κ1) is 19.1. The van der Waals surface area contributed by atoms with Crippen molar-refractivity contribution in [2.45, 2.75) is 20.4 Å². The zero-order valence-electron chi connectivity index (χ0n) is 15.7. The van der Waals surface area contributed by atoms with Gasteiger partial charge in [-0.05, 0) is 55.3 Å². The third kappa shape index (κ3) is 4.96. The maximum Gasteiger partial charge on any atom is 0.279 e. The number of nitrogens with zero attached hydrogens (tertiary/aromatic N) is 1. The number of carbonyl (C=O) groups excluding carboxylic acids is 1. The van der Waals surface area contributed by atoms with Crippen LogP contribution < -0.4 is 10.2 Å². The zero-order chi connectivity index (χ0) is 19.4. The predicted molar refractivity (Wildman–Crippen MR) is 107 cm³/mol. The molecule has 0 saturated heterocycles. The Bertz CT molecular complexity index is 935. The Labute approximate surface area is 164 Å². The highest BCUT2D eigenvalue weighted by Gasteiger charge is 2.15. The first-order valence-corrected chi connectivity index (χ1v) is 9.18. The van der Waals surface area contributed by atoms with E-state index in [1.165, 1.54) is 0 Å². The molecule has 3 aromatic rings. The molecule has 5 nitrogen and oxygen atoms in total. The van der Waals surface area contributed by atoms with Crippen LogP contribution in [0.3, 0.4) is 0 Å². The smallest absolute Gasteiger partial charge is 0.279 e. The van der Waals surface area contributed by atoms with Gasteiger partial charge < -0.3 is 14.6 Å². The number of carbonyl (C=O) groups is 1. The summed E-state index contributed by atoms with van der Waals surface area (Å²) in [6.07, 6.45) is 1.70. The van der Waals surface area contributed by atoms with E-state index in [0.717, 1.165) is 27.3 Å². The van der Waals surface area contributed by atoms with Gasteiger partial charge in [-0.1, -0.05) is 23.7 Å². The molecule has 1 atom stereocenters. The summed E-state index contributed by atoms with van der Waals surface area (Å²) in [5.74, 6) is 1.25. The molecule has 3 rings (SSSR count). The van der Waals surface area contributed by atoms with Gasteiger partial charge in [0.15, 0.2) is 18.8 Å². The lowest BCUT2D eigenvalue weighted by Crippen LogP contribution is -3.08. The topological polar surface area (TPSA) is 59.6 Å². The third-order valence-electron chi connectivity index (χ3n) is 4.48. The minimum Gasteiger partial charge on any atom is -0.435 e. The second kappa shape index (κ2) is 8.37. The summed E-state index contributed by atoms with van der Waals surface area (Å²) in [5, 5.41) is 3.66. The van der Waals surface area contributed by atoms with Crippen LogP contribution in [0.4, 0.5) is 5.69 Å². The van der Waals surface area contributed by atoms with E-state index in [1.807, 2.05) is 63.4 Å². The van der Waals surface area contributed by atoms with Gasteiger partial charge in [0.05, 0.1) is 13.2 Å². The largest absolute Gasteiger partial charge is 0.435 e. The quantitative estimate of drug-likeness (QED) is 0.685. The summed E-state index contributed by atoms with van der Waals surface area (Å²) in [6, 6.07) is 13.3. The molecule has 0 fully saturated rings. The first-order chi connectivity index (χ1) is 12.9. The van der Waals surface area contributed by atoms with E-state index in [1.54, 1.807) is 6.20 Å². The Kier molecular flexibility index (Phi) is 5.94. The molecule has 140 valence electrons. The number of aromatic nitrogens is 1. The minimum atomic E-state index is -0.0364. The van der Waals surface area contributed by atoms with Crippen LogP contribution in [-0.4, -0.2) is 24.5 Å². The van der Waals surface area contributed by atoms with E-state index in [4.69, 9.17) is 16.0 Å². The van der Waals surface area contributed by atoms with E-state index >= 15 is 0 Å². The monoisotopic (exact) mass is 384 g/mol. The van der Waals surface area contributed by atoms with Crippen molar-refractivity contribution in [2.24, 2.45) is 0 Å². The maximum atomic E-state index is 12.3. The average Bonchev–Trinajstić information content (AvgIpc) is 3.07. The molecule has 1 amide bonds. The number of halogens is 1. The van der Waals surface area contributed by atoms with Crippen LogP contribution in [0.1, 0.15) is 17.0 Å². The van der Waals surface area contributed by atoms with Gasteiger partial charge in [-0.3, -0.25) is 4.79 Å². The lowest BCUT2D eigenvalue weighted by atomic mass is 10.1. The summed E-state index contributed by atoms with van der Waals surface area (Å²) in [5.41, 5.74) is 4.02.